The van der Waals surface area contributed by atoms with Gasteiger partial charge in [-0.1, -0.05) is 18.2 Å². The zero-order valence-corrected chi connectivity index (χ0v) is 11.5. The Morgan fingerprint density at radius 3 is 2.30 bits per heavy atom. The summed E-state index contributed by atoms with van der Waals surface area (Å²) in [6.45, 7) is 0. The van der Waals surface area contributed by atoms with Crippen LogP contribution >= 0.6 is 0 Å². The van der Waals surface area contributed by atoms with Crippen molar-refractivity contribution in [1.82, 2.24) is 0 Å². The lowest BCUT2D eigenvalue weighted by molar-refractivity contribution is 0.105. The molecular weight excluding hydrogens is 250 g/mol. The Morgan fingerprint density at radius 1 is 1.05 bits per heavy atom. The van der Waals surface area contributed by atoms with Crippen LogP contribution in [-0.4, -0.2) is 19.9 Å². The first kappa shape index (κ1) is 13.7. The lowest BCUT2D eigenvalue weighted by Gasteiger charge is -2.09. The summed E-state index contributed by atoms with van der Waals surface area (Å²) >= 11 is 0. The van der Waals surface area contributed by atoms with E-state index in [1.165, 1.54) is 0 Å². The molecule has 0 saturated carbocycles. The van der Waals surface area contributed by atoms with Crippen LogP contribution in [0.3, 0.4) is 0 Å². The van der Waals surface area contributed by atoms with Crippen LogP contribution in [0, 0.1) is 12.0 Å². The number of Topliss-reactive ketones (excluding diaryl/α,β-unsaturated/α-hetero) is 1. The molecule has 0 saturated heterocycles. The number of ether oxygens (including phenoxy) is 1. The van der Waals surface area contributed by atoms with Gasteiger partial charge in [-0.05, 0) is 36.4 Å². The molecular formula is C17H15NO2. The molecule has 0 aliphatic carbocycles. The maximum absolute atomic E-state index is 11.9. The Hall–Kier alpha value is -2.73. The number of hydrogen-bond donors (Lipinski definition) is 0. The normalized spacial score (nSPS) is 9.30. The summed E-state index contributed by atoms with van der Waals surface area (Å²) in [7, 11) is 3.41. The molecule has 0 aliphatic heterocycles. The highest BCUT2D eigenvalue weighted by Gasteiger charge is 2.02. The van der Waals surface area contributed by atoms with Gasteiger partial charge in [-0.15, -0.1) is 0 Å². The van der Waals surface area contributed by atoms with Crippen molar-refractivity contribution in [3.8, 4) is 17.7 Å². The monoisotopic (exact) mass is 265 g/mol. The Labute approximate surface area is 118 Å². The highest BCUT2D eigenvalue weighted by Crippen LogP contribution is 2.12. The minimum Gasteiger partial charge on any atom is -0.497 e. The Morgan fingerprint density at radius 2 is 1.70 bits per heavy atom. The molecule has 20 heavy (non-hydrogen) atoms. The summed E-state index contributed by atoms with van der Waals surface area (Å²) in [5.74, 6) is 3.14. The Bertz CT molecular complexity index is 636. The molecule has 0 fully saturated rings. The quantitative estimate of drug-likeness (QED) is 0.485. The van der Waals surface area contributed by atoms with E-state index in [0.29, 0.717) is 5.56 Å². The second-order valence-corrected chi connectivity index (χ2v) is 4.19. The van der Waals surface area contributed by atoms with Gasteiger partial charge in [0.05, 0.1) is 7.11 Å². The fourth-order valence-corrected chi connectivity index (χ4v) is 1.67. The summed E-state index contributed by atoms with van der Waals surface area (Å²) < 4.78 is 5.05. The molecule has 2 rings (SSSR count). The summed E-state index contributed by atoms with van der Waals surface area (Å²) in [6, 6.07) is 19.4. The van der Waals surface area contributed by atoms with Crippen LogP contribution in [0.1, 0.15) is 10.4 Å². The molecule has 100 valence electrons. The molecule has 0 spiro atoms. The number of methoxy groups -OCH3 is 1. The van der Waals surface area contributed by atoms with Gasteiger partial charge >= 0.3 is 0 Å². The van der Waals surface area contributed by atoms with E-state index in [2.05, 4.69) is 12.0 Å². The van der Waals surface area contributed by atoms with Crippen molar-refractivity contribution in [3.63, 3.8) is 0 Å². The average molecular weight is 265 g/mol. The SMILES string of the molecule is COc1ccc(C(=O)C#CN(C)c2ccccc2)cc1. The predicted molar refractivity (Wildman–Crippen MR) is 79.9 cm³/mol. The molecule has 3 nitrogen and oxygen atoms in total. The molecule has 0 bridgehead atoms. The van der Waals surface area contributed by atoms with Crippen LogP contribution in [0.5, 0.6) is 5.75 Å². The number of anilines is 1. The molecule has 0 aromatic heterocycles. The van der Waals surface area contributed by atoms with Gasteiger partial charge in [-0.3, -0.25) is 4.79 Å². The van der Waals surface area contributed by atoms with Crippen LogP contribution in [0.4, 0.5) is 5.69 Å². The van der Waals surface area contributed by atoms with Crippen LogP contribution in [-0.2, 0) is 0 Å². The Kier molecular flexibility index (Phi) is 4.41. The highest BCUT2D eigenvalue weighted by atomic mass is 16.5. The van der Waals surface area contributed by atoms with E-state index in [-0.39, 0.29) is 5.78 Å². The van der Waals surface area contributed by atoms with E-state index >= 15 is 0 Å². The molecule has 0 radical (unpaired) electrons. The van der Waals surface area contributed by atoms with Gasteiger partial charge in [0, 0.05) is 30.3 Å². The molecule has 0 heterocycles. The number of para-hydroxylation sites is 1. The molecule has 0 amide bonds. The largest absolute Gasteiger partial charge is 0.497 e. The number of hydrogen-bond acceptors (Lipinski definition) is 3. The number of rotatable bonds is 3. The van der Waals surface area contributed by atoms with Crippen LogP contribution in [0.2, 0.25) is 0 Å². The second kappa shape index (κ2) is 6.44. The van der Waals surface area contributed by atoms with Gasteiger partial charge in [-0.2, -0.15) is 0 Å². The van der Waals surface area contributed by atoms with E-state index in [9.17, 15) is 4.79 Å². The summed E-state index contributed by atoms with van der Waals surface area (Å²) in [5, 5.41) is 0. The molecule has 2 aromatic carbocycles. The number of carbonyl (C=O) groups is 1. The minimum absolute atomic E-state index is 0.213. The Balaban J connectivity index is 2.09. The van der Waals surface area contributed by atoms with Crippen LogP contribution in [0.25, 0.3) is 0 Å². The van der Waals surface area contributed by atoms with Crippen molar-refractivity contribution in [2.75, 3.05) is 19.1 Å². The van der Waals surface area contributed by atoms with Crippen molar-refractivity contribution in [1.29, 1.82) is 0 Å². The van der Waals surface area contributed by atoms with Gasteiger partial charge in [0.15, 0.2) is 0 Å². The first-order chi connectivity index (χ1) is 9.70. The highest BCUT2D eigenvalue weighted by molar-refractivity contribution is 6.09. The van der Waals surface area contributed by atoms with Gasteiger partial charge in [0.2, 0.25) is 5.78 Å². The van der Waals surface area contributed by atoms with E-state index in [1.807, 2.05) is 37.4 Å². The average Bonchev–Trinajstić information content (AvgIpc) is 2.53. The van der Waals surface area contributed by atoms with E-state index in [1.54, 1.807) is 36.3 Å². The predicted octanol–water partition coefficient (Wildman–Crippen LogP) is 2.98. The molecule has 2 aromatic rings. The zero-order chi connectivity index (χ0) is 14.4. The minimum atomic E-state index is -0.213. The third-order valence-corrected chi connectivity index (χ3v) is 2.83. The topological polar surface area (TPSA) is 29.5 Å². The number of carbonyl (C=O) groups excluding carboxylic acids is 1. The first-order valence-corrected chi connectivity index (χ1v) is 6.19. The summed E-state index contributed by atoms with van der Waals surface area (Å²) in [6.07, 6.45) is 0. The van der Waals surface area contributed by atoms with E-state index < -0.39 is 0 Å². The van der Waals surface area contributed by atoms with Crippen LogP contribution < -0.4 is 9.64 Å². The first-order valence-electron chi connectivity index (χ1n) is 6.19. The van der Waals surface area contributed by atoms with Gasteiger partial charge in [-0.25, -0.2) is 0 Å². The summed E-state index contributed by atoms with van der Waals surface area (Å²) in [5.41, 5.74) is 1.50. The smallest absolute Gasteiger partial charge is 0.237 e. The zero-order valence-electron chi connectivity index (χ0n) is 11.5. The summed E-state index contributed by atoms with van der Waals surface area (Å²) in [4.78, 5) is 13.7. The lowest BCUT2D eigenvalue weighted by atomic mass is 10.1. The molecule has 0 N–H and O–H groups in total. The van der Waals surface area contributed by atoms with Crippen molar-refractivity contribution >= 4 is 11.5 Å². The fraction of sp³-hybridized carbons (Fsp3) is 0.118. The second-order valence-electron chi connectivity index (χ2n) is 4.19. The van der Waals surface area contributed by atoms with Crippen molar-refractivity contribution in [3.05, 3.63) is 60.2 Å². The van der Waals surface area contributed by atoms with E-state index in [0.717, 1.165) is 11.4 Å². The maximum Gasteiger partial charge on any atom is 0.237 e. The number of nitrogens with zero attached hydrogens (tertiary/aromatic N) is 1. The number of benzene rings is 2. The maximum atomic E-state index is 11.9. The van der Waals surface area contributed by atoms with E-state index in [4.69, 9.17) is 4.74 Å². The third kappa shape index (κ3) is 3.39. The van der Waals surface area contributed by atoms with Crippen LogP contribution in [0.15, 0.2) is 54.6 Å². The molecule has 0 aliphatic rings. The molecule has 3 heteroatoms. The van der Waals surface area contributed by atoms with Crippen molar-refractivity contribution in [2.45, 2.75) is 0 Å². The van der Waals surface area contributed by atoms with Crippen molar-refractivity contribution in [2.24, 2.45) is 0 Å². The fourth-order valence-electron chi connectivity index (χ4n) is 1.67. The van der Waals surface area contributed by atoms with Crippen molar-refractivity contribution < 1.29 is 9.53 Å². The molecule has 0 atom stereocenters. The third-order valence-electron chi connectivity index (χ3n) is 2.83. The van der Waals surface area contributed by atoms with Gasteiger partial charge in [0.25, 0.3) is 0 Å². The van der Waals surface area contributed by atoms with Gasteiger partial charge < -0.3 is 9.64 Å². The molecule has 0 unspecified atom stereocenters. The lowest BCUT2D eigenvalue weighted by Crippen LogP contribution is -2.09. The van der Waals surface area contributed by atoms with Gasteiger partial charge in [0.1, 0.15) is 5.75 Å². The number of ketones is 1. The standard InChI is InChI=1S/C17H15NO2/c1-18(15-6-4-3-5-7-15)13-12-17(19)14-8-10-16(20-2)11-9-14/h3-11H,1-2H3.